The SMILES string of the molecule is O=Cc1c(Cl)ccc2nnsc12. The molecule has 0 aliphatic heterocycles. The quantitative estimate of drug-likeness (QED) is 0.660. The smallest absolute Gasteiger partial charge is 0.153 e. The van der Waals surface area contributed by atoms with Crippen LogP contribution in [0, 0.1) is 0 Å². The molecule has 0 unspecified atom stereocenters. The summed E-state index contributed by atoms with van der Waals surface area (Å²) in [6.45, 7) is 0. The Kier molecular flexibility index (Phi) is 1.78. The van der Waals surface area contributed by atoms with Crippen molar-refractivity contribution in [1.29, 1.82) is 0 Å². The van der Waals surface area contributed by atoms with Crippen molar-refractivity contribution in [3.05, 3.63) is 22.7 Å². The van der Waals surface area contributed by atoms with Gasteiger partial charge in [-0.2, -0.15) is 0 Å². The lowest BCUT2D eigenvalue weighted by Crippen LogP contribution is -1.81. The summed E-state index contributed by atoms with van der Waals surface area (Å²) in [5.41, 5.74) is 1.19. The van der Waals surface area contributed by atoms with Crippen molar-refractivity contribution in [3.8, 4) is 0 Å². The van der Waals surface area contributed by atoms with E-state index in [1.807, 2.05) is 0 Å². The number of carbonyl (C=O) groups is 1. The van der Waals surface area contributed by atoms with Gasteiger partial charge in [0.2, 0.25) is 0 Å². The molecule has 2 rings (SSSR count). The highest BCUT2D eigenvalue weighted by Crippen LogP contribution is 2.25. The van der Waals surface area contributed by atoms with E-state index < -0.39 is 0 Å². The Morgan fingerprint density at radius 3 is 3.08 bits per heavy atom. The van der Waals surface area contributed by atoms with Crippen LogP contribution in [0.3, 0.4) is 0 Å². The minimum Gasteiger partial charge on any atom is -0.298 e. The van der Waals surface area contributed by atoms with Gasteiger partial charge >= 0.3 is 0 Å². The second-order valence-corrected chi connectivity index (χ2v) is 3.36. The molecule has 0 saturated heterocycles. The van der Waals surface area contributed by atoms with Gasteiger partial charge in [-0.25, -0.2) is 0 Å². The van der Waals surface area contributed by atoms with Gasteiger partial charge in [-0.15, -0.1) is 5.10 Å². The Morgan fingerprint density at radius 2 is 2.33 bits per heavy atom. The lowest BCUT2D eigenvalue weighted by atomic mass is 10.2. The molecular formula is C7H3ClN2OS. The van der Waals surface area contributed by atoms with Gasteiger partial charge in [0, 0.05) is 0 Å². The molecule has 5 heteroatoms. The second-order valence-electron chi connectivity index (χ2n) is 2.20. The first kappa shape index (κ1) is 7.64. The first-order valence-electron chi connectivity index (χ1n) is 3.18. The summed E-state index contributed by atoms with van der Waals surface area (Å²) in [4.78, 5) is 10.6. The highest BCUT2D eigenvalue weighted by molar-refractivity contribution is 7.13. The predicted molar refractivity (Wildman–Crippen MR) is 47.8 cm³/mol. The van der Waals surface area contributed by atoms with Crippen LogP contribution in [0.25, 0.3) is 10.2 Å². The number of nitrogens with zero attached hydrogens (tertiary/aromatic N) is 2. The van der Waals surface area contributed by atoms with Crippen molar-refractivity contribution < 1.29 is 4.79 Å². The summed E-state index contributed by atoms with van der Waals surface area (Å²) < 4.78 is 4.47. The Hall–Kier alpha value is -1.00. The van der Waals surface area contributed by atoms with Gasteiger partial charge in [-0.1, -0.05) is 16.1 Å². The van der Waals surface area contributed by atoms with E-state index in [9.17, 15) is 4.79 Å². The lowest BCUT2D eigenvalue weighted by Gasteiger charge is -1.93. The number of benzene rings is 1. The molecule has 2 aromatic rings. The number of hydrogen-bond donors (Lipinski definition) is 0. The fourth-order valence-electron chi connectivity index (χ4n) is 0.954. The maximum atomic E-state index is 10.6. The van der Waals surface area contributed by atoms with Crippen LogP contribution in [0.1, 0.15) is 10.4 Å². The van der Waals surface area contributed by atoms with E-state index in [1.54, 1.807) is 12.1 Å². The van der Waals surface area contributed by atoms with Gasteiger partial charge in [-0.3, -0.25) is 4.79 Å². The van der Waals surface area contributed by atoms with Crippen molar-refractivity contribution in [2.24, 2.45) is 0 Å². The van der Waals surface area contributed by atoms with Crippen molar-refractivity contribution >= 4 is 39.6 Å². The summed E-state index contributed by atoms with van der Waals surface area (Å²) in [7, 11) is 0. The topological polar surface area (TPSA) is 42.9 Å². The summed E-state index contributed by atoms with van der Waals surface area (Å²) in [6.07, 6.45) is 0.727. The molecule has 1 heterocycles. The highest BCUT2D eigenvalue weighted by atomic mass is 35.5. The fourth-order valence-corrected chi connectivity index (χ4v) is 1.88. The maximum absolute atomic E-state index is 10.6. The Bertz CT molecular complexity index is 440. The third kappa shape index (κ3) is 1.00. The molecule has 12 heavy (non-hydrogen) atoms. The molecule has 1 aromatic heterocycles. The number of rotatable bonds is 1. The zero-order chi connectivity index (χ0) is 8.55. The molecule has 0 aliphatic carbocycles. The molecule has 0 aliphatic rings. The summed E-state index contributed by atoms with van der Waals surface area (Å²) >= 11 is 6.96. The normalized spacial score (nSPS) is 10.4. The van der Waals surface area contributed by atoms with Crippen LogP contribution in [0.5, 0.6) is 0 Å². The zero-order valence-electron chi connectivity index (χ0n) is 5.82. The van der Waals surface area contributed by atoms with Crippen molar-refractivity contribution in [1.82, 2.24) is 9.59 Å². The lowest BCUT2D eigenvalue weighted by molar-refractivity contribution is 0.112. The molecule has 3 nitrogen and oxygen atoms in total. The number of fused-ring (bicyclic) bond motifs is 1. The van der Waals surface area contributed by atoms with Crippen LogP contribution < -0.4 is 0 Å². The predicted octanol–water partition coefficient (Wildman–Crippen LogP) is 2.16. The largest absolute Gasteiger partial charge is 0.298 e. The van der Waals surface area contributed by atoms with Crippen LogP contribution in [0.2, 0.25) is 5.02 Å². The Labute approximate surface area is 77.1 Å². The van der Waals surface area contributed by atoms with Crippen molar-refractivity contribution in [2.45, 2.75) is 0 Å². The van der Waals surface area contributed by atoms with E-state index in [4.69, 9.17) is 11.6 Å². The number of hydrogen-bond acceptors (Lipinski definition) is 4. The van der Waals surface area contributed by atoms with E-state index in [-0.39, 0.29) is 0 Å². The monoisotopic (exact) mass is 198 g/mol. The van der Waals surface area contributed by atoms with Gasteiger partial charge in [0.15, 0.2) is 6.29 Å². The minimum atomic E-state index is 0.448. The third-order valence-corrected chi connectivity index (χ3v) is 2.63. The van der Waals surface area contributed by atoms with E-state index in [0.29, 0.717) is 16.1 Å². The zero-order valence-corrected chi connectivity index (χ0v) is 7.39. The number of halogens is 1. The number of aromatic nitrogens is 2. The summed E-state index contributed by atoms with van der Waals surface area (Å²) in [5, 5.41) is 4.27. The van der Waals surface area contributed by atoms with Gasteiger partial charge < -0.3 is 0 Å². The average molecular weight is 199 g/mol. The number of carbonyl (C=O) groups excluding carboxylic acids is 1. The molecular weight excluding hydrogens is 196 g/mol. The van der Waals surface area contributed by atoms with E-state index in [2.05, 4.69) is 9.59 Å². The first-order chi connectivity index (χ1) is 5.83. The summed E-state index contributed by atoms with van der Waals surface area (Å²) in [6, 6.07) is 3.39. The molecule has 0 bridgehead atoms. The Balaban J connectivity index is 2.91. The minimum absolute atomic E-state index is 0.448. The van der Waals surface area contributed by atoms with Crippen LogP contribution >= 0.6 is 23.1 Å². The molecule has 0 saturated carbocycles. The van der Waals surface area contributed by atoms with Crippen LogP contribution in [-0.2, 0) is 0 Å². The molecule has 0 N–H and O–H groups in total. The van der Waals surface area contributed by atoms with Crippen molar-refractivity contribution in [2.75, 3.05) is 0 Å². The molecule has 0 fully saturated rings. The van der Waals surface area contributed by atoms with E-state index in [0.717, 1.165) is 11.0 Å². The molecule has 0 spiro atoms. The number of aldehydes is 1. The molecule has 1 aromatic carbocycles. The van der Waals surface area contributed by atoms with Gasteiger partial charge in [0.25, 0.3) is 0 Å². The molecule has 60 valence electrons. The third-order valence-electron chi connectivity index (χ3n) is 1.52. The second kappa shape index (κ2) is 2.80. The van der Waals surface area contributed by atoms with Crippen molar-refractivity contribution in [3.63, 3.8) is 0 Å². The molecule has 0 atom stereocenters. The van der Waals surface area contributed by atoms with Crippen LogP contribution in [-0.4, -0.2) is 15.9 Å². The van der Waals surface area contributed by atoms with E-state index >= 15 is 0 Å². The van der Waals surface area contributed by atoms with Crippen LogP contribution in [0.15, 0.2) is 12.1 Å². The average Bonchev–Trinajstić information content (AvgIpc) is 2.52. The summed E-state index contributed by atoms with van der Waals surface area (Å²) in [5.74, 6) is 0. The highest BCUT2D eigenvalue weighted by Gasteiger charge is 2.07. The van der Waals surface area contributed by atoms with Crippen LogP contribution in [0.4, 0.5) is 0 Å². The Morgan fingerprint density at radius 1 is 1.50 bits per heavy atom. The fraction of sp³-hybridized carbons (Fsp3) is 0. The van der Waals surface area contributed by atoms with Gasteiger partial charge in [0.1, 0.15) is 5.52 Å². The van der Waals surface area contributed by atoms with Gasteiger partial charge in [-0.05, 0) is 23.7 Å². The first-order valence-corrected chi connectivity index (χ1v) is 4.34. The van der Waals surface area contributed by atoms with E-state index in [1.165, 1.54) is 11.5 Å². The molecule has 0 amide bonds. The molecule has 0 radical (unpaired) electrons. The standard InChI is InChI=1S/C7H3ClN2OS/c8-5-1-2-6-7(4(5)3-11)12-10-9-6/h1-3H. The van der Waals surface area contributed by atoms with Gasteiger partial charge in [0.05, 0.1) is 15.3 Å². The maximum Gasteiger partial charge on any atom is 0.153 e.